The molecular formula is C56H42N2. The van der Waals surface area contributed by atoms with Gasteiger partial charge in [-0.3, -0.25) is 0 Å². The van der Waals surface area contributed by atoms with Gasteiger partial charge >= 0.3 is 0 Å². The highest BCUT2D eigenvalue weighted by atomic mass is 15.2. The number of anilines is 5. The molecule has 0 saturated carbocycles. The van der Waals surface area contributed by atoms with Crippen LogP contribution in [0.2, 0.25) is 0 Å². The highest BCUT2D eigenvalue weighted by Crippen LogP contribution is 2.60. The first kappa shape index (κ1) is 34.1. The molecule has 58 heavy (non-hydrogen) atoms. The van der Waals surface area contributed by atoms with Gasteiger partial charge < -0.3 is 9.80 Å². The number of rotatable bonds is 6. The lowest BCUT2D eigenvalue weighted by atomic mass is 9.61. The molecule has 8 aromatic rings. The SMILES string of the molecule is C1=CC2=C(CC1)N(c1cccc(N3c4ccccc4C(c4ccccc4)(c4ccccc4)c4ccccc43)c1)c1ccccc1C2(c1ccccc1)c1ccccc1. The maximum atomic E-state index is 2.56. The van der Waals surface area contributed by atoms with Crippen LogP contribution < -0.4 is 9.80 Å². The van der Waals surface area contributed by atoms with Crippen molar-refractivity contribution in [3.63, 3.8) is 0 Å². The van der Waals surface area contributed by atoms with Crippen molar-refractivity contribution in [2.75, 3.05) is 9.80 Å². The van der Waals surface area contributed by atoms with Gasteiger partial charge in [0.25, 0.3) is 0 Å². The molecule has 0 bridgehead atoms. The fourth-order valence-electron chi connectivity index (χ4n) is 10.4. The molecule has 0 unspecified atom stereocenters. The number of nitrogens with zero attached hydrogens (tertiary/aromatic N) is 2. The van der Waals surface area contributed by atoms with E-state index in [2.05, 4.69) is 240 Å². The van der Waals surface area contributed by atoms with Crippen LogP contribution in [0.5, 0.6) is 0 Å². The van der Waals surface area contributed by atoms with Crippen molar-refractivity contribution in [2.24, 2.45) is 0 Å². The molecule has 0 fully saturated rings. The van der Waals surface area contributed by atoms with Crippen LogP contribution in [0.3, 0.4) is 0 Å². The van der Waals surface area contributed by atoms with Gasteiger partial charge in [0.2, 0.25) is 0 Å². The summed E-state index contributed by atoms with van der Waals surface area (Å²) in [5.41, 5.74) is 16.4. The maximum absolute atomic E-state index is 2.56. The van der Waals surface area contributed by atoms with E-state index in [0.29, 0.717) is 0 Å². The fourth-order valence-corrected chi connectivity index (χ4v) is 10.4. The molecule has 0 N–H and O–H groups in total. The van der Waals surface area contributed by atoms with Crippen LogP contribution in [-0.2, 0) is 10.8 Å². The Morgan fingerprint density at radius 2 is 0.724 bits per heavy atom. The highest BCUT2D eigenvalue weighted by Gasteiger charge is 2.48. The second kappa shape index (κ2) is 13.8. The highest BCUT2D eigenvalue weighted by molar-refractivity contribution is 5.91. The van der Waals surface area contributed by atoms with Gasteiger partial charge in [0.05, 0.1) is 27.9 Å². The molecule has 0 spiro atoms. The molecule has 2 heterocycles. The van der Waals surface area contributed by atoms with Crippen molar-refractivity contribution >= 4 is 28.4 Å². The topological polar surface area (TPSA) is 6.48 Å². The third-order valence-electron chi connectivity index (χ3n) is 12.6. The molecule has 11 rings (SSSR count). The van der Waals surface area contributed by atoms with Crippen LogP contribution >= 0.6 is 0 Å². The number of benzene rings is 8. The van der Waals surface area contributed by atoms with Crippen molar-refractivity contribution in [1.29, 1.82) is 0 Å². The minimum atomic E-state index is -0.512. The van der Waals surface area contributed by atoms with Crippen molar-refractivity contribution in [1.82, 2.24) is 0 Å². The largest absolute Gasteiger partial charge is 0.313 e. The molecule has 2 heteroatoms. The average molecular weight is 743 g/mol. The Hall–Kier alpha value is -7.16. The van der Waals surface area contributed by atoms with E-state index in [1.54, 1.807) is 0 Å². The molecule has 0 aromatic heterocycles. The van der Waals surface area contributed by atoms with Gasteiger partial charge in [-0.2, -0.15) is 0 Å². The van der Waals surface area contributed by atoms with Crippen LogP contribution in [0.15, 0.2) is 242 Å². The summed E-state index contributed by atoms with van der Waals surface area (Å²) in [5, 5.41) is 0. The van der Waals surface area contributed by atoms with Gasteiger partial charge in [0, 0.05) is 17.1 Å². The standard InChI is InChI=1S/C56H42N2/c1-5-22-41(23-6-1)55(42-24-7-2-8-25-42)47-32-13-17-36-51(47)57(52-37-18-14-33-48(52)55)45-30-21-31-46(40-45)58-53-38-19-15-34-49(53)56(43-26-9-3-10-27-43,44-28-11-4-12-29-44)50-35-16-20-39-54(50)58/h1-19,21-38,40H,20,39H2. The van der Waals surface area contributed by atoms with Crippen molar-refractivity contribution < 1.29 is 0 Å². The Bertz CT molecular complexity index is 2710. The minimum absolute atomic E-state index is 0.470. The summed E-state index contributed by atoms with van der Waals surface area (Å²) in [4.78, 5) is 5.05. The summed E-state index contributed by atoms with van der Waals surface area (Å²) in [5.74, 6) is 0. The summed E-state index contributed by atoms with van der Waals surface area (Å²) in [6.45, 7) is 0. The van der Waals surface area contributed by atoms with Gasteiger partial charge in [-0.1, -0.05) is 194 Å². The third-order valence-corrected chi connectivity index (χ3v) is 12.6. The number of allylic oxidation sites excluding steroid dienone is 4. The Balaban J connectivity index is 1.14. The first-order chi connectivity index (χ1) is 28.8. The molecule has 2 aliphatic heterocycles. The van der Waals surface area contributed by atoms with E-state index in [4.69, 9.17) is 0 Å². The van der Waals surface area contributed by atoms with Gasteiger partial charge in [-0.05, 0) is 93.8 Å². The Kier molecular flexibility index (Phi) is 8.11. The first-order valence-corrected chi connectivity index (χ1v) is 20.4. The lowest BCUT2D eigenvalue weighted by molar-refractivity contribution is 0.687. The zero-order valence-corrected chi connectivity index (χ0v) is 32.2. The zero-order chi connectivity index (χ0) is 38.5. The fraction of sp³-hybridized carbons (Fsp3) is 0.0714. The first-order valence-electron chi connectivity index (χ1n) is 20.4. The summed E-state index contributed by atoms with van der Waals surface area (Å²) in [6.07, 6.45) is 6.72. The van der Waals surface area contributed by atoms with E-state index in [1.165, 1.54) is 67.3 Å². The molecule has 0 saturated heterocycles. The van der Waals surface area contributed by atoms with Gasteiger partial charge in [0.15, 0.2) is 0 Å². The zero-order valence-electron chi connectivity index (χ0n) is 32.2. The maximum Gasteiger partial charge on any atom is 0.0742 e. The predicted octanol–water partition coefficient (Wildman–Crippen LogP) is 13.9. The van der Waals surface area contributed by atoms with Crippen molar-refractivity contribution in [3.8, 4) is 0 Å². The van der Waals surface area contributed by atoms with E-state index in [0.717, 1.165) is 24.2 Å². The molecule has 0 radical (unpaired) electrons. The van der Waals surface area contributed by atoms with E-state index < -0.39 is 10.8 Å². The molecule has 0 atom stereocenters. The van der Waals surface area contributed by atoms with Crippen molar-refractivity contribution in [2.45, 2.75) is 23.7 Å². The van der Waals surface area contributed by atoms with Gasteiger partial charge in [0.1, 0.15) is 0 Å². The summed E-state index contributed by atoms with van der Waals surface area (Å²) in [6, 6.07) is 80.6. The van der Waals surface area contributed by atoms with Crippen LogP contribution in [0.1, 0.15) is 51.8 Å². The normalized spacial score (nSPS) is 15.9. The smallest absolute Gasteiger partial charge is 0.0742 e. The number of hydrogen-bond acceptors (Lipinski definition) is 2. The Morgan fingerprint density at radius 3 is 1.21 bits per heavy atom. The van der Waals surface area contributed by atoms with Gasteiger partial charge in [-0.25, -0.2) is 0 Å². The molecule has 2 nitrogen and oxygen atoms in total. The number of hydrogen-bond donors (Lipinski definition) is 0. The van der Waals surface area contributed by atoms with Crippen molar-refractivity contribution in [3.05, 3.63) is 281 Å². The predicted molar refractivity (Wildman–Crippen MR) is 240 cm³/mol. The van der Waals surface area contributed by atoms with Crippen LogP contribution in [0, 0.1) is 0 Å². The third kappa shape index (κ3) is 4.91. The lowest BCUT2D eigenvalue weighted by Crippen LogP contribution is -2.40. The van der Waals surface area contributed by atoms with Crippen LogP contribution in [0.4, 0.5) is 28.4 Å². The second-order valence-corrected chi connectivity index (χ2v) is 15.5. The molecule has 1 aliphatic carbocycles. The molecule has 276 valence electrons. The molecule has 8 aromatic carbocycles. The van der Waals surface area contributed by atoms with E-state index >= 15 is 0 Å². The van der Waals surface area contributed by atoms with Crippen LogP contribution in [-0.4, -0.2) is 0 Å². The van der Waals surface area contributed by atoms with E-state index in [1.807, 2.05) is 0 Å². The van der Waals surface area contributed by atoms with E-state index in [9.17, 15) is 0 Å². The molecular weight excluding hydrogens is 701 g/mol. The number of fused-ring (bicyclic) bond motifs is 3. The second-order valence-electron chi connectivity index (χ2n) is 15.5. The summed E-state index contributed by atoms with van der Waals surface area (Å²) in [7, 11) is 0. The number of para-hydroxylation sites is 3. The van der Waals surface area contributed by atoms with Crippen LogP contribution in [0.25, 0.3) is 0 Å². The average Bonchev–Trinajstić information content (AvgIpc) is 3.31. The monoisotopic (exact) mass is 742 g/mol. The van der Waals surface area contributed by atoms with E-state index in [-0.39, 0.29) is 0 Å². The van der Waals surface area contributed by atoms with Gasteiger partial charge in [-0.15, -0.1) is 0 Å². The summed E-state index contributed by atoms with van der Waals surface area (Å²) < 4.78 is 0. The summed E-state index contributed by atoms with van der Waals surface area (Å²) >= 11 is 0. The quantitative estimate of drug-likeness (QED) is 0.167. The minimum Gasteiger partial charge on any atom is -0.313 e. The Morgan fingerprint density at radius 1 is 0.345 bits per heavy atom. The Labute approximate surface area is 341 Å². The molecule has 3 aliphatic rings. The lowest BCUT2D eigenvalue weighted by Gasteiger charge is -2.48. The molecule has 0 amide bonds.